The van der Waals surface area contributed by atoms with Crippen LogP contribution in [0, 0.1) is 0 Å². The van der Waals surface area contributed by atoms with Crippen LogP contribution in [0.25, 0.3) is 22.3 Å². The van der Waals surface area contributed by atoms with Crippen molar-refractivity contribution in [2.24, 2.45) is 5.73 Å². The van der Waals surface area contributed by atoms with Gasteiger partial charge in [0.15, 0.2) is 17.5 Å². The number of carbonyl (C=O) groups is 1. The number of esters is 1. The molecule has 2 aromatic heterocycles. The highest BCUT2D eigenvalue weighted by molar-refractivity contribution is 5.89. The zero-order chi connectivity index (χ0) is 25.2. The molecule has 0 radical (unpaired) electrons. The first-order chi connectivity index (χ1) is 16.7. The number of morpholine rings is 1. The van der Waals surface area contributed by atoms with E-state index in [1.54, 1.807) is 33.9 Å². The lowest BCUT2D eigenvalue weighted by atomic mass is 10.1. The van der Waals surface area contributed by atoms with Crippen molar-refractivity contribution >= 4 is 22.8 Å². The molecule has 1 saturated heterocycles. The Hall–Kier alpha value is -3.34. The van der Waals surface area contributed by atoms with Crippen LogP contribution in [-0.4, -0.2) is 65.0 Å². The van der Waals surface area contributed by atoms with E-state index in [1.165, 1.54) is 0 Å². The molecule has 1 aromatic carbocycles. The van der Waals surface area contributed by atoms with Gasteiger partial charge < -0.3 is 30.0 Å². The molecule has 0 aliphatic carbocycles. The number of rotatable bonds is 6. The Morgan fingerprint density at radius 1 is 1.17 bits per heavy atom. The lowest BCUT2D eigenvalue weighted by Crippen LogP contribution is -2.38. The maximum atomic E-state index is 12.7. The minimum Gasteiger partial charge on any atom is -0.496 e. The second-order valence-electron chi connectivity index (χ2n) is 9.27. The van der Waals surface area contributed by atoms with E-state index in [2.05, 4.69) is 14.9 Å². The number of hydrogen-bond acceptors (Lipinski definition) is 10. The molecule has 0 saturated carbocycles. The van der Waals surface area contributed by atoms with Crippen LogP contribution < -0.4 is 15.4 Å². The third-order valence-electron chi connectivity index (χ3n) is 5.55. The Bertz CT molecular complexity index is 1220. The van der Waals surface area contributed by atoms with Crippen LogP contribution in [-0.2, 0) is 20.9 Å². The summed E-state index contributed by atoms with van der Waals surface area (Å²) >= 11 is 0. The molecule has 186 valence electrons. The number of carbonyl (C=O) groups excluding carboxylic acids is 1. The van der Waals surface area contributed by atoms with Gasteiger partial charge in [-0.25, -0.2) is 19.7 Å². The molecular weight excluding hydrogens is 450 g/mol. The first kappa shape index (κ1) is 24.8. The van der Waals surface area contributed by atoms with Crippen LogP contribution in [0.2, 0.25) is 0 Å². The van der Waals surface area contributed by atoms with Crippen molar-refractivity contribution in [3.8, 4) is 17.0 Å². The SMILES string of the molecule is COc1ccc(-c2ccc3c(N4CCOCC4)nc(C(N)C(=O)OC(C)(C)C)nc3n2)cc1CO. The van der Waals surface area contributed by atoms with Crippen molar-refractivity contribution in [2.75, 3.05) is 38.3 Å². The molecule has 0 spiro atoms. The molecule has 1 unspecified atom stereocenters. The highest BCUT2D eigenvalue weighted by atomic mass is 16.6. The van der Waals surface area contributed by atoms with Crippen LogP contribution in [0.1, 0.15) is 38.2 Å². The van der Waals surface area contributed by atoms with Gasteiger partial charge in [0.2, 0.25) is 0 Å². The minimum absolute atomic E-state index is 0.142. The van der Waals surface area contributed by atoms with Gasteiger partial charge >= 0.3 is 5.97 Å². The van der Waals surface area contributed by atoms with Gasteiger partial charge in [0, 0.05) is 24.2 Å². The van der Waals surface area contributed by atoms with Crippen molar-refractivity contribution in [3.05, 3.63) is 41.7 Å². The third-order valence-corrected chi connectivity index (χ3v) is 5.55. The van der Waals surface area contributed by atoms with E-state index in [9.17, 15) is 9.90 Å². The van der Waals surface area contributed by atoms with E-state index in [4.69, 9.17) is 24.9 Å². The molecule has 1 aliphatic heterocycles. The van der Waals surface area contributed by atoms with Crippen LogP contribution in [0.15, 0.2) is 30.3 Å². The van der Waals surface area contributed by atoms with Crippen LogP contribution >= 0.6 is 0 Å². The van der Waals surface area contributed by atoms with Gasteiger partial charge in [0.25, 0.3) is 0 Å². The molecule has 3 N–H and O–H groups in total. The summed E-state index contributed by atoms with van der Waals surface area (Å²) in [5.41, 5.74) is 8.06. The monoisotopic (exact) mass is 481 g/mol. The summed E-state index contributed by atoms with van der Waals surface area (Å²) < 4.78 is 16.3. The number of methoxy groups -OCH3 is 1. The number of anilines is 1. The van der Waals surface area contributed by atoms with Crippen molar-refractivity contribution in [1.29, 1.82) is 0 Å². The van der Waals surface area contributed by atoms with Gasteiger partial charge in [0.1, 0.15) is 17.2 Å². The lowest BCUT2D eigenvalue weighted by Gasteiger charge is -2.29. The largest absolute Gasteiger partial charge is 0.496 e. The number of nitrogens with zero attached hydrogens (tertiary/aromatic N) is 4. The van der Waals surface area contributed by atoms with Crippen LogP contribution in [0.3, 0.4) is 0 Å². The van der Waals surface area contributed by atoms with Crippen molar-refractivity contribution in [1.82, 2.24) is 15.0 Å². The summed E-state index contributed by atoms with van der Waals surface area (Å²) in [7, 11) is 1.56. The molecule has 1 fully saturated rings. The van der Waals surface area contributed by atoms with Gasteiger partial charge in [-0.05, 0) is 51.1 Å². The molecule has 3 aromatic rings. The predicted octanol–water partition coefficient (Wildman–Crippen LogP) is 2.37. The maximum absolute atomic E-state index is 12.7. The average molecular weight is 482 g/mol. The fourth-order valence-corrected chi connectivity index (χ4v) is 3.86. The van der Waals surface area contributed by atoms with E-state index in [0.29, 0.717) is 54.8 Å². The number of nitrogens with two attached hydrogens (primary N) is 1. The number of benzene rings is 1. The number of fused-ring (bicyclic) bond motifs is 1. The molecule has 0 amide bonds. The van der Waals surface area contributed by atoms with Gasteiger partial charge in [0.05, 0.1) is 38.0 Å². The number of ether oxygens (including phenoxy) is 3. The standard InChI is InChI=1S/C25H31N5O5/c1-25(2,3)35-24(32)20(26)22-28-21-17(23(29-22)30-9-11-34-12-10-30)6-7-18(27-21)15-5-8-19(33-4)16(13-15)14-31/h5-8,13,20,31H,9-12,14,26H2,1-4H3. The fourth-order valence-electron chi connectivity index (χ4n) is 3.86. The quantitative estimate of drug-likeness (QED) is 0.506. The number of hydrogen-bond donors (Lipinski definition) is 2. The summed E-state index contributed by atoms with van der Waals surface area (Å²) in [5, 5.41) is 10.5. The molecule has 10 heteroatoms. The number of aromatic nitrogens is 3. The molecular formula is C25H31N5O5. The van der Waals surface area contributed by atoms with E-state index in [1.807, 2.05) is 24.3 Å². The van der Waals surface area contributed by atoms with E-state index in [-0.39, 0.29) is 12.4 Å². The zero-order valence-electron chi connectivity index (χ0n) is 20.4. The average Bonchev–Trinajstić information content (AvgIpc) is 2.86. The second kappa shape index (κ2) is 10.1. The number of pyridine rings is 1. The van der Waals surface area contributed by atoms with Gasteiger partial charge in [-0.3, -0.25) is 0 Å². The van der Waals surface area contributed by atoms with Crippen LogP contribution in [0.4, 0.5) is 5.82 Å². The summed E-state index contributed by atoms with van der Waals surface area (Å²) in [6.07, 6.45) is 0. The van der Waals surface area contributed by atoms with Crippen molar-refractivity contribution < 1.29 is 24.1 Å². The topological polar surface area (TPSA) is 133 Å². The van der Waals surface area contributed by atoms with Crippen molar-refractivity contribution in [3.63, 3.8) is 0 Å². The fraction of sp³-hybridized carbons (Fsp3) is 0.440. The lowest BCUT2D eigenvalue weighted by molar-refractivity contribution is -0.156. The van der Waals surface area contributed by atoms with Crippen molar-refractivity contribution in [2.45, 2.75) is 39.0 Å². The second-order valence-corrected chi connectivity index (χ2v) is 9.27. The normalized spacial score (nSPS) is 15.2. The molecule has 4 rings (SSSR count). The summed E-state index contributed by atoms with van der Waals surface area (Å²) in [4.78, 5) is 28.8. The van der Waals surface area contributed by atoms with E-state index < -0.39 is 17.6 Å². The Morgan fingerprint density at radius 2 is 1.91 bits per heavy atom. The number of aliphatic hydroxyl groups excluding tert-OH is 1. The molecule has 0 bridgehead atoms. The van der Waals surface area contributed by atoms with Gasteiger partial charge in [-0.1, -0.05) is 0 Å². The highest BCUT2D eigenvalue weighted by Gasteiger charge is 2.28. The smallest absolute Gasteiger partial charge is 0.331 e. The summed E-state index contributed by atoms with van der Waals surface area (Å²) in [5.74, 6) is 0.782. The Kier molecular flexibility index (Phi) is 7.15. The minimum atomic E-state index is -1.16. The van der Waals surface area contributed by atoms with Gasteiger partial charge in [-0.2, -0.15) is 0 Å². The Morgan fingerprint density at radius 3 is 2.57 bits per heavy atom. The predicted molar refractivity (Wildman–Crippen MR) is 131 cm³/mol. The third kappa shape index (κ3) is 5.50. The highest BCUT2D eigenvalue weighted by Crippen LogP contribution is 2.30. The Balaban J connectivity index is 1.81. The summed E-state index contributed by atoms with van der Waals surface area (Å²) in [6, 6.07) is 8.11. The van der Waals surface area contributed by atoms with Crippen LogP contribution in [0.5, 0.6) is 5.75 Å². The zero-order valence-corrected chi connectivity index (χ0v) is 20.4. The first-order valence-electron chi connectivity index (χ1n) is 11.5. The molecule has 3 heterocycles. The first-order valence-corrected chi connectivity index (χ1v) is 11.5. The molecule has 1 aliphatic rings. The Labute approximate surface area is 204 Å². The maximum Gasteiger partial charge on any atom is 0.331 e. The molecule has 1 atom stereocenters. The molecule has 10 nitrogen and oxygen atoms in total. The molecule has 35 heavy (non-hydrogen) atoms. The summed E-state index contributed by atoms with van der Waals surface area (Å²) in [6.45, 7) is 7.61. The van der Waals surface area contributed by atoms with E-state index in [0.717, 1.165) is 10.9 Å². The number of aliphatic hydroxyl groups is 1. The van der Waals surface area contributed by atoms with E-state index >= 15 is 0 Å². The van der Waals surface area contributed by atoms with Gasteiger partial charge in [-0.15, -0.1) is 0 Å².